The van der Waals surface area contributed by atoms with Gasteiger partial charge in [0.1, 0.15) is 0 Å². The molecule has 0 spiro atoms. The van der Waals surface area contributed by atoms with Gasteiger partial charge in [-0.15, -0.1) is 0 Å². The number of fused-ring (bicyclic) bond motifs is 3. The molecule has 0 saturated carbocycles. The molecule has 4 aromatic carbocycles. The van der Waals surface area contributed by atoms with Crippen LogP contribution in [0.3, 0.4) is 0 Å². The van der Waals surface area contributed by atoms with E-state index < -0.39 is 10.0 Å². The quantitative estimate of drug-likeness (QED) is 0.185. The van der Waals surface area contributed by atoms with E-state index in [2.05, 4.69) is 72.3 Å². The van der Waals surface area contributed by atoms with Gasteiger partial charge in [-0.2, -0.15) is 0 Å². The second-order valence-electron chi connectivity index (χ2n) is 11.6. The van der Waals surface area contributed by atoms with Crippen molar-refractivity contribution in [2.75, 3.05) is 38.1 Å². The fourth-order valence-corrected chi connectivity index (χ4v) is 7.87. The Morgan fingerprint density at radius 3 is 2.16 bits per heavy atom. The lowest BCUT2D eigenvalue weighted by Gasteiger charge is -2.34. The van der Waals surface area contributed by atoms with E-state index in [9.17, 15) is 8.42 Å². The molecule has 0 atom stereocenters. The van der Waals surface area contributed by atoms with Gasteiger partial charge >= 0.3 is 0 Å². The molecule has 0 unspecified atom stereocenters. The average Bonchev–Trinajstić information content (AvgIpc) is 3.43. The molecule has 2 aromatic heterocycles. The fourth-order valence-electron chi connectivity index (χ4n) is 6.38. The Bertz CT molecular complexity index is 2110. The maximum Gasteiger partial charge on any atom is 0.269 e. The van der Waals surface area contributed by atoms with Crippen LogP contribution in [-0.2, 0) is 10.0 Å². The first kappa shape index (κ1) is 29.0. The highest BCUT2D eigenvalue weighted by molar-refractivity contribution is 7.90. The summed E-state index contributed by atoms with van der Waals surface area (Å²) in [6, 6.07) is 35.7. The summed E-state index contributed by atoms with van der Waals surface area (Å²) in [5.74, 6) is 0. The van der Waals surface area contributed by atoms with Gasteiger partial charge in [-0.25, -0.2) is 17.4 Å². The van der Waals surface area contributed by atoms with Crippen LogP contribution in [0.5, 0.6) is 0 Å². The Morgan fingerprint density at radius 2 is 1.47 bits per heavy atom. The van der Waals surface area contributed by atoms with Crippen LogP contribution in [0.25, 0.3) is 38.6 Å². The maximum absolute atomic E-state index is 14.3. The molecule has 226 valence electrons. The number of hydrogen-bond donors (Lipinski definition) is 0. The van der Waals surface area contributed by atoms with Crippen molar-refractivity contribution in [1.29, 1.82) is 0 Å². The van der Waals surface area contributed by atoms with Crippen LogP contribution in [0, 0.1) is 0 Å². The van der Waals surface area contributed by atoms with Gasteiger partial charge in [0.2, 0.25) is 0 Å². The summed E-state index contributed by atoms with van der Waals surface area (Å²) in [7, 11) is -1.77. The molecular weight excluding hydrogens is 577 g/mol. The molecule has 0 bridgehead atoms. The average molecular weight is 613 g/mol. The summed E-state index contributed by atoms with van der Waals surface area (Å²) in [4.78, 5) is 9.74. The molecule has 0 aliphatic carbocycles. The Kier molecular flexibility index (Phi) is 7.73. The minimum atomic E-state index is -3.94. The second kappa shape index (κ2) is 12.0. The maximum atomic E-state index is 14.3. The third-order valence-corrected chi connectivity index (χ3v) is 10.5. The van der Waals surface area contributed by atoms with E-state index in [4.69, 9.17) is 4.98 Å². The Hall–Kier alpha value is -4.72. The van der Waals surface area contributed by atoms with Crippen molar-refractivity contribution in [3.05, 3.63) is 133 Å². The summed E-state index contributed by atoms with van der Waals surface area (Å²) < 4.78 is 29.9. The largest absolute Gasteiger partial charge is 0.369 e. The molecule has 0 radical (unpaired) electrons. The number of aromatic nitrogens is 2. The normalized spacial score (nSPS) is 14.8. The lowest BCUT2D eigenvalue weighted by Crippen LogP contribution is -2.44. The van der Waals surface area contributed by atoms with Gasteiger partial charge in [0.05, 0.1) is 10.4 Å². The van der Waals surface area contributed by atoms with Crippen LogP contribution in [-0.4, -0.2) is 55.5 Å². The SMILES string of the molecule is CC/C=C(/c1ccccc1)c1ccnc2c1c1cc(-c3ccc(N4CCN(C)CC4)cc3)ccc1n2S(=O)(=O)c1ccccc1. The molecule has 7 rings (SSSR count). The molecule has 6 nitrogen and oxygen atoms in total. The van der Waals surface area contributed by atoms with E-state index >= 15 is 0 Å². The smallest absolute Gasteiger partial charge is 0.269 e. The van der Waals surface area contributed by atoms with E-state index in [1.807, 2.05) is 42.5 Å². The predicted octanol–water partition coefficient (Wildman–Crippen LogP) is 7.69. The van der Waals surface area contributed by atoms with Crippen molar-refractivity contribution in [2.24, 2.45) is 0 Å². The number of likely N-dealkylation sites (N-methyl/N-ethyl adjacent to an activating group) is 1. The Labute approximate surface area is 264 Å². The third-order valence-electron chi connectivity index (χ3n) is 8.74. The van der Waals surface area contributed by atoms with Gasteiger partial charge in [0.25, 0.3) is 10.0 Å². The summed E-state index contributed by atoms with van der Waals surface area (Å²) in [5.41, 5.74) is 7.46. The first-order valence-corrected chi connectivity index (χ1v) is 16.9. The summed E-state index contributed by atoms with van der Waals surface area (Å²) in [6.07, 6.45) is 4.76. The zero-order chi connectivity index (χ0) is 31.0. The second-order valence-corrected chi connectivity index (χ2v) is 13.4. The summed E-state index contributed by atoms with van der Waals surface area (Å²) in [5, 5.41) is 1.68. The van der Waals surface area contributed by atoms with Crippen LogP contribution in [0.4, 0.5) is 5.69 Å². The molecule has 6 aromatic rings. The summed E-state index contributed by atoms with van der Waals surface area (Å²) >= 11 is 0. The number of rotatable bonds is 7. The van der Waals surface area contributed by atoms with Crippen molar-refractivity contribution in [3.8, 4) is 11.1 Å². The van der Waals surface area contributed by atoms with Gasteiger partial charge < -0.3 is 9.80 Å². The van der Waals surface area contributed by atoms with Crippen LogP contribution >= 0.6 is 0 Å². The molecule has 1 fully saturated rings. The summed E-state index contributed by atoms with van der Waals surface area (Å²) in [6.45, 7) is 6.27. The first-order valence-electron chi connectivity index (χ1n) is 15.5. The standard InChI is InChI=1S/C38H36N4O2S/c1-3-10-33(29-11-6-4-7-12-29)34-21-22-39-38-37(34)35-27-30(28-15-18-31(19-16-28)41-25-23-40(2)24-26-41)17-20-36(35)42(38)45(43,44)32-13-8-5-9-14-32/h4-22,27H,3,23-26H2,1-2H3/b33-10-. The van der Waals surface area contributed by atoms with Crippen molar-refractivity contribution in [1.82, 2.24) is 13.9 Å². The molecule has 3 heterocycles. The number of anilines is 1. The number of nitrogens with zero attached hydrogens (tertiary/aromatic N) is 4. The van der Waals surface area contributed by atoms with Crippen LogP contribution in [0.15, 0.2) is 126 Å². The van der Waals surface area contributed by atoms with Crippen molar-refractivity contribution in [2.45, 2.75) is 18.2 Å². The highest BCUT2D eigenvalue weighted by Gasteiger charge is 2.26. The monoisotopic (exact) mass is 612 g/mol. The highest BCUT2D eigenvalue weighted by atomic mass is 32.2. The number of pyridine rings is 1. The number of benzene rings is 4. The number of hydrogen-bond acceptors (Lipinski definition) is 5. The van der Waals surface area contributed by atoms with Crippen LogP contribution in [0.2, 0.25) is 0 Å². The molecule has 0 amide bonds. The Balaban J connectivity index is 1.44. The lowest BCUT2D eigenvalue weighted by molar-refractivity contribution is 0.313. The van der Waals surface area contributed by atoms with Gasteiger partial charge in [-0.3, -0.25) is 0 Å². The Morgan fingerprint density at radius 1 is 0.800 bits per heavy atom. The lowest BCUT2D eigenvalue weighted by atomic mass is 9.93. The van der Waals surface area contributed by atoms with Gasteiger partial charge in [-0.05, 0) is 83.8 Å². The van der Waals surface area contributed by atoms with Crippen molar-refractivity contribution >= 4 is 43.2 Å². The fraction of sp³-hybridized carbons (Fsp3) is 0.184. The number of allylic oxidation sites excluding steroid dienone is 1. The molecular formula is C38H36N4O2S. The van der Waals surface area contributed by atoms with E-state index in [1.165, 1.54) is 9.66 Å². The molecule has 1 aliphatic heterocycles. The highest BCUT2D eigenvalue weighted by Crippen LogP contribution is 2.39. The van der Waals surface area contributed by atoms with Crippen molar-refractivity contribution in [3.63, 3.8) is 0 Å². The molecule has 0 N–H and O–H groups in total. The van der Waals surface area contributed by atoms with E-state index in [-0.39, 0.29) is 4.90 Å². The zero-order valence-corrected chi connectivity index (χ0v) is 26.4. The van der Waals surface area contributed by atoms with Gasteiger partial charge in [0, 0.05) is 48.8 Å². The topological polar surface area (TPSA) is 58.4 Å². The molecule has 1 aliphatic rings. The minimum absolute atomic E-state index is 0.229. The zero-order valence-electron chi connectivity index (χ0n) is 25.6. The van der Waals surface area contributed by atoms with E-state index in [0.717, 1.165) is 71.2 Å². The molecule has 1 saturated heterocycles. The van der Waals surface area contributed by atoms with Crippen LogP contribution < -0.4 is 4.90 Å². The first-order chi connectivity index (χ1) is 22.0. The van der Waals surface area contributed by atoms with E-state index in [1.54, 1.807) is 30.5 Å². The minimum Gasteiger partial charge on any atom is -0.369 e. The molecule has 7 heteroatoms. The van der Waals surface area contributed by atoms with Crippen LogP contribution in [0.1, 0.15) is 24.5 Å². The van der Waals surface area contributed by atoms with Gasteiger partial charge in [-0.1, -0.05) is 79.7 Å². The van der Waals surface area contributed by atoms with E-state index in [0.29, 0.717) is 11.2 Å². The third kappa shape index (κ3) is 5.32. The predicted molar refractivity (Wildman–Crippen MR) is 185 cm³/mol. The van der Waals surface area contributed by atoms with Gasteiger partial charge in [0.15, 0.2) is 5.65 Å². The van der Waals surface area contributed by atoms with Crippen molar-refractivity contribution < 1.29 is 8.42 Å². The number of piperazine rings is 1. The molecule has 45 heavy (non-hydrogen) atoms.